The van der Waals surface area contributed by atoms with Gasteiger partial charge in [-0.1, -0.05) is 0 Å². The molecule has 0 saturated carbocycles. The summed E-state index contributed by atoms with van der Waals surface area (Å²) < 4.78 is 0. The molecule has 0 aromatic carbocycles. The normalized spacial score (nSPS) is 11.0. The Morgan fingerprint density at radius 1 is 1.56 bits per heavy atom. The van der Waals surface area contributed by atoms with Crippen LogP contribution in [0.15, 0.2) is 11.4 Å². The number of nitrogens with one attached hydrogen (secondary N) is 1. The lowest BCUT2D eigenvalue weighted by Gasteiger charge is -2.20. The predicted molar refractivity (Wildman–Crippen MR) is 68.5 cm³/mol. The molecular weight excluding hydrogens is 218 g/mol. The van der Waals surface area contributed by atoms with E-state index in [1.54, 1.807) is 11.3 Å². The number of thiophene rings is 1. The van der Waals surface area contributed by atoms with Crippen LogP contribution < -0.4 is 5.32 Å². The first-order chi connectivity index (χ1) is 7.63. The summed E-state index contributed by atoms with van der Waals surface area (Å²) in [5.74, 6) is 0. The number of likely N-dealkylation sites (N-methyl/N-ethyl adjacent to an activating group) is 1. The third-order valence-electron chi connectivity index (χ3n) is 2.60. The Morgan fingerprint density at radius 3 is 2.88 bits per heavy atom. The zero-order valence-corrected chi connectivity index (χ0v) is 11.0. The van der Waals surface area contributed by atoms with Gasteiger partial charge in [0, 0.05) is 35.9 Å². The van der Waals surface area contributed by atoms with Gasteiger partial charge in [-0.15, -0.1) is 11.3 Å². The monoisotopic (exact) mass is 237 g/mol. The minimum atomic E-state index is 0.591. The fraction of sp³-hybridized carbons (Fsp3) is 0.583. The van der Waals surface area contributed by atoms with Gasteiger partial charge in [0.2, 0.25) is 0 Å². The second-order valence-corrected chi connectivity index (χ2v) is 5.16. The highest BCUT2D eigenvalue weighted by atomic mass is 32.1. The molecule has 0 amide bonds. The van der Waals surface area contributed by atoms with E-state index in [0.717, 1.165) is 25.2 Å². The first-order valence-corrected chi connectivity index (χ1v) is 6.40. The number of hydrogen-bond donors (Lipinski definition) is 1. The summed E-state index contributed by atoms with van der Waals surface area (Å²) >= 11 is 1.64. The Kier molecular flexibility index (Phi) is 5.47. The Labute approximate surface area is 102 Å². The number of nitrogens with zero attached hydrogens (tertiary/aromatic N) is 2. The summed E-state index contributed by atoms with van der Waals surface area (Å²) in [7, 11) is 2.13. The molecule has 3 nitrogen and oxygen atoms in total. The molecule has 16 heavy (non-hydrogen) atoms. The molecule has 1 aromatic rings. The van der Waals surface area contributed by atoms with E-state index in [1.807, 2.05) is 11.4 Å². The van der Waals surface area contributed by atoms with Crippen molar-refractivity contribution >= 4 is 11.3 Å². The van der Waals surface area contributed by atoms with Crippen molar-refractivity contribution in [3.05, 3.63) is 21.9 Å². The van der Waals surface area contributed by atoms with Crippen LogP contribution in [-0.2, 0) is 6.54 Å². The molecule has 0 aliphatic rings. The second kappa shape index (κ2) is 6.64. The van der Waals surface area contributed by atoms with Gasteiger partial charge in [0.05, 0.1) is 5.56 Å². The van der Waals surface area contributed by atoms with Crippen LogP contribution in [0, 0.1) is 11.3 Å². The average molecular weight is 237 g/mol. The van der Waals surface area contributed by atoms with Crippen molar-refractivity contribution in [2.45, 2.75) is 26.4 Å². The standard InChI is InChI=1S/C12H19N3S/c1-10(2)15(3)5-4-14-8-12-6-11(7-13)9-16-12/h6,9-10,14H,4-5,8H2,1-3H3. The zero-order valence-electron chi connectivity index (χ0n) is 10.2. The summed E-state index contributed by atoms with van der Waals surface area (Å²) in [5, 5.41) is 14.0. The quantitative estimate of drug-likeness (QED) is 0.770. The van der Waals surface area contributed by atoms with Gasteiger partial charge in [0.1, 0.15) is 6.07 Å². The van der Waals surface area contributed by atoms with Crippen LogP contribution >= 0.6 is 11.3 Å². The van der Waals surface area contributed by atoms with Gasteiger partial charge < -0.3 is 10.2 Å². The average Bonchev–Trinajstić information content (AvgIpc) is 2.71. The minimum absolute atomic E-state index is 0.591. The largest absolute Gasteiger partial charge is 0.311 e. The van der Waals surface area contributed by atoms with E-state index in [2.05, 4.69) is 37.2 Å². The summed E-state index contributed by atoms with van der Waals surface area (Å²) in [4.78, 5) is 3.53. The predicted octanol–water partition coefficient (Wildman–Crippen LogP) is 2.05. The van der Waals surface area contributed by atoms with Crippen molar-refractivity contribution in [3.8, 4) is 6.07 Å². The number of nitriles is 1. The van der Waals surface area contributed by atoms with Gasteiger partial charge in [-0.3, -0.25) is 0 Å². The summed E-state index contributed by atoms with van der Waals surface area (Å²) in [6.07, 6.45) is 0. The van der Waals surface area contributed by atoms with E-state index in [0.29, 0.717) is 6.04 Å². The van der Waals surface area contributed by atoms with Gasteiger partial charge >= 0.3 is 0 Å². The van der Waals surface area contributed by atoms with Crippen LogP contribution in [0.3, 0.4) is 0 Å². The molecule has 1 heterocycles. The molecule has 1 N–H and O–H groups in total. The Balaban J connectivity index is 2.19. The molecule has 1 rings (SSSR count). The maximum absolute atomic E-state index is 8.69. The maximum Gasteiger partial charge on any atom is 0.100 e. The van der Waals surface area contributed by atoms with Gasteiger partial charge in [0.15, 0.2) is 0 Å². The third-order valence-corrected chi connectivity index (χ3v) is 3.54. The molecule has 4 heteroatoms. The molecule has 0 aliphatic heterocycles. The zero-order chi connectivity index (χ0) is 12.0. The lowest BCUT2D eigenvalue weighted by atomic mass is 10.3. The lowest BCUT2D eigenvalue weighted by molar-refractivity contribution is 0.273. The Hall–Kier alpha value is -0.890. The van der Waals surface area contributed by atoms with Gasteiger partial charge in [-0.2, -0.15) is 5.26 Å². The van der Waals surface area contributed by atoms with Crippen LogP contribution in [0.4, 0.5) is 0 Å². The van der Waals surface area contributed by atoms with Crippen LogP contribution in [0.25, 0.3) is 0 Å². The number of hydrogen-bond acceptors (Lipinski definition) is 4. The van der Waals surface area contributed by atoms with Gasteiger partial charge in [0.25, 0.3) is 0 Å². The lowest BCUT2D eigenvalue weighted by Crippen LogP contribution is -2.33. The third kappa shape index (κ3) is 4.31. The van der Waals surface area contributed by atoms with Crippen molar-refractivity contribution in [2.24, 2.45) is 0 Å². The highest BCUT2D eigenvalue weighted by molar-refractivity contribution is 7.10. The number of rotatable bonds is 6. The maximum atomic E-state index is 8.69. The van der Waals surface area contributed by atoms with E-state index < -0.39 is 0 Å². The molecule has 88 valence electrons. The van der Waals surface area contributed by atoms with Crippen LogP contribution in [-0.4, -0.2) is 31.1 Å². The first kappa shape index (κ1) is 13.2. The van der Waals surface area contributed by atoms with Crippen LogP contribution in [0.2, 0.25) is 0 Å². The first-order valence-electron chi connectivity index (χ1n) is 5.52. The highest BCUT2D eigenvalue weighted by Crippen LogP contribution is 2.12. The summed E-state index contributed by atoms with van der Waals surface area (Å²) in [6.45, 7) is 7.28. The molecule has 0 spiro atoms. The minimum Gasteiger partial charge on any atom is -0.311 e. The van der Waals surface area contributed by atoms with Crippen LogP contribution in [0.1, 0.15) is 24.3 Å². The highest BCUT2D eigenvalue weighted by Gasteiger charge is 2.02. The van der Waals surface area contributed by atoms with E-state index in [1.165, 1.54) is 4.88 Å². The molecule has 0 unspecified atom stereocenters. The molecule has 0 saturated heterocycles. The molecule has 1 aromatic heterocycles. The molecule has 0 radical (unpaired) electrons. The van der Waals surface area contributed by atoms with Crippen molar-refractivity contribution in [1.82, 2.24) is 10.2 Å². The van der Waals surface area contributed by atoms with Crippen molar-refractivity contribution in [3.63, 3.8) is 0 Å². The second-order valence-electron chi connectivity index (χ2n) is 4.16. The van der Waals surface area contributed by atoms with Crippen LogP contribution in [0.5, 0.6) is 0 Å². The topological polar surface area (TPSA) is 39.1 Å². The fourth-order valence-electron chi connectivity index (χ4n) is 1.26. The molecule has 0 atom stereocenters. The van der Waals surface area contributed by atoms with E-state index >= 15 is 0 Å². The SMILES string of the molecule is CC(C)N(C)CCNCc1cc(C#N)cs1. The summed E-state index contributed by atoms with van der Waals surface area (Å²) in [6, 6.07) is 4.68. The van der Waals surface area contributed by atoms with E-state index in [-0.39, 0.29) is 0 Å². The van der Waals surface area contributed by atoms with Gasteiger partial charge in [-0.05, 0) is 27.0 Å². The fourth-order valence-corrected chi connectivity index (χ4v) is 2.04. The smallest absolute Gasteiger partial charge is 0.100 e. The Bertz CT molecular complexity index is 351. The van der Waals surface area contributed by atoms with Gasteiger partial charge in [-0.25, -0.2) is 0 Å². The summed E-state index contributed by atoms with van der Waals surface area (Å²) in [5.41, 5.74) is 0.765. The molecular formula is C12H19N3S. The van der Waals surface area contributed by atoms with Crippen molar-refractivity contribution in [1.29, 1.82) is 5.26 Å². The molecule has 0 fully saturated rings. The van der Waals surface area contributed by atoms with Crippen molar-refractivity contribution < 1.29 is 0 Å². The molecule has 0 aliphatic carbocycles. The van der Waals surface area contributed by atoms with E-state index in [9.17, 15) is 0 Å². The van der Waals surface area contributed by atoms with E-state index in [4.69, 9.17) is 5.26 Å². The van der Waals surface area contributed by atoms with Crippen molar-refractivity contribution in [2.75, 3.05) is 20.1 Å². The Morgan fingerprint density at radius 2 is 2.31 bits per heavy atom. The molecule has 0 bridgehead atoms.